The number of nitrogens with zero attached hydrogens (tertiary/aromatic N) is 1. The molecule has 14 heavy (non-hydrogen) atoms. The molecule has 0 saturated heterocycles. The van der Waals surface area contributed by atoms with Crippen LogP contribution in [0.25, 0.3) is 0 Å². The predicted octanol–water partition coefficient (Wildman–Crippen LogP) is 3.07. The summed E-state index contributed by atoms with van der Waals surface area (Å²) in [6, 6.07) is 0. The Balaban J connectivity index is 3.71. The van der Waals surface area contributed by atoms with Gasteiger partial charge >= 0.3 is 6.18 Å². The third-order valence-corrected chi connectivity index (χ3v) is 1.08. The summed E-state index contributed by atoms with van der Waals surface area (Å²) in [7, 11) is 0. The fourth-order valence-corrected chi connectivity index (χ4v) is 0.504. The Kier molecular flexibility index (Phi) is 4.97. The van der Waals surface area contributed by atoms with Gasteiger partial charge < -0.3 is 4.74 Å². The van der Waals surface area contributed by atoms with Crippen molar-refractivity contribution < 1.29 is 17.9 Å². The number of hydrogen-bond donors (Lipinski definition) is 0. The van der Waals surface area contributed by atoms with Crippen LogP contribution in [0.5, 0.6) is 0 Å². The van der Waals surface area contributed by atoms with E-state index in [1.165, 1.54) is 6.21 Å². The van der Waals surface area contributed by atoms with Gasteiger partial charge in [-0.1, -0.05) is 6.58 Å². The van der Waals surface area contributed by atoms with Gasteiger partial charge in [-0.05, 0) is 19.1 Å². The third kappa shape index (κ3) is 8.83. The highest BCUT2D eigenvalue weighted by molar-refractivity contribution is 5.77. The summed E-state index contributed by atoms with van der Waals surface area (Å²) in [5, 5.41) is 0. The Morgan fingerprint density at radius 1 is 1.43 bits per heavy atom. The van der Waals surface area contributed by atoms with Crippen molar-refractivity contribution in [3.8, 4) is 0 Å². The molecule has 0 aromatic carbocycles. The van der Waals surface area contributed by atoms with E-state index in [9.17, 15) is 13.2 Å². The van der Waals surface area contributed by atoms with Gasteiger partial charge in [0.25, 0.3) is 0 Å². The molecule has 0 atom stereocenters. The Bertz CT molecular complexity index is 243. The van der Waals surface area contributed by atoms with E-state index in [2.05, 4.69) is 22.9 Å². The summed E-state index contributed by atoms with van der Waals surface area (Å²) < 4.78 is 39.6. The maximum atomic E-state index is 11.7. The van der Waals surface area contributed by atoms with Gasteiger partial charge in [0, 0.05) is 6.21 Å². The fourth-order valence-electron chi connectivity index (χ4n) is 0.504. The van der Waals surface area contributed by atoms with Crippen molar-refractivity contribution in [2.24, 2.45) is 4.99 Å². The first-order valence-electron chi connectivity index (χ1n) is 3.89. The second kappa shape index (κ2) is 5.47. The largest absolute Gasteiger partial charge is 0.478 e. The second-order valence-corrected chi connectivity index (χ2v) is 2.71. The molecule has 0 aliphatic heterocycles. The molecular weight excluding hydrogens is 195 g/mol. The molecule has 0 unspecified atom stereocenters. The Morgan fingerprint density at radius 2 is 2.00 bits per heavy atom. The van der Waals surface area contributed by atoms with Crippen molar-refractivity contribution in [3.63, 3.8) is 0 Å². The highest BCUT2D eigenvalue weighted by Crippen LogP contribution is 2.19. The lowest BCUT2D eigenvalue weighted by Crippen LogP contribution is -2.11. The van der Waals surface area contributed by atoms with E-state index in [-0.39, 0.29) is 5.88 Å². The number of hydrogen-bond acceptors (Lipinski definition) is 2. The number of allylic oxidation sites excluding steroid dienone is 1. The van der Waals surface area contributed by atoms with Crippen LogP contribution in [0.4, 0.5) is 13.2 Å². The van der Waals surface area contributed by atoms with Gasteiger partial charge in [-0.2, -0.15) is 13.2 Å². The molecule has 0 radical (unpaired) electrons. The number of ether oxygens (including phenoxy) is 1. The third-order valence-electron chi connectivity index (χ3n) is 1.08. The van der Waals surface area contributed by atoms with Crippen LogP contribution in [0.3, 0.4) is 0 Å². The first-order valence-corrected chi connectivity index (χ1v) is 3.89. The van der Waals surface area contributed by atoms with E-state index < -0.39 is 19.2 Å². The minimum Gasteiger partial charge on any atom is -0.478 e. The zero-order valence-corrected chi connectivity index (χ0v) is 7.90. The van der Waals surface area contributed by atoms with Crippen molar-refractivity contribution in [2.45, 2.75) is 19.5 Å². The van der Waals surface area contributed by atoms with Gasteiger partial charge in [-0.3, -0.25) is 0 Å². The van der Waals surface area contributed by atoms with Crippen LogP contribution in [0.15, 0.2) is 29.6 Å². The number of aliphatic imine (C=N–C) groups is 1. The van der Waals surface area contributed by atoms with Crippen molar-refractivity contribution in [2.75, 3.05) is 6.61 Å². The Labute approximate surface area is 80.8 Å². The van der Waals surface area contributed by atoms with Crippen LogP contribution >= 0.6 is 0 Å². The summed E-state index contributed by atoms with van der Waals surface area (Å²) >= 11 is 0. The topological polar surface area (TPSA) is 21.6 Å². The molecule has 0 fully saturated rings. The predicted molar refractivity (Wildman–Crippen MR) is 49.1 cm³/mol. The minimum atomic E-state index is -4.21. The Morgan fingerprint density at radius 3 is 2.43 bits per heavy atom. The zero-order valence-electron chi connectivity index (χ0n) is 7.90. The SMILES string of the molecule is C=C(C)/C=N\C(=C)OCCC(F)(F)F. The highest BCUT2D eigenvalue weighted by Gasteiger charge is 2.26. The molecule has 0 N–H and O–H groups in total. The minimum absolute atomic E-state index is 0.0442. The average molecular weight is 207 g/mol. The smallest absolute Gasteiger partial charge is 0.392 e. The number of halogens is 3. The maximum absolute atomic E-state index is 11.7. The fraction of sp³-hybridized carbons (Fsp3) is 0.444. The summed E-state index contributed by atoms with van der Waals surface area (Å²) in [6.45, 7) is 8.08. The first kappa shape index (κ1) is 12.7. The normalized spacial score (nSPS) is 11.7. The van der Waals surface area contributed by atoms with Crippen LogP contribution in [0.2, 0.25) is 0 Å². The monoisotopic (exact) mass is 207 g/mol. The van der Waals surface area contributed by atoms with E-state index in [4.69, 9.17) is 0 Å². The molecule has 0 spiro atoms. The van der Waals surface area contributed by atoms with Gasteiger partial charge in [0.15, 0.2) is 0 Å². The lowest BCUT2D eigenvalue weighted by Gasteiger charge is -2.07. The van der Waals surface area contributed by atoms with Gasteiger partial charge in [0.1, 0.15) is 0 Å². The molecule has 0 aliphatic carbocycles. The lowest BCUT2D eigenvalue weighted by atomic mass is 10.4. The van der Waals surface area contributed by atoms with Crippen LogP contribution in [-0.4, -0.2) is 19.0 Å². The molecule has 0 rings (SSSR count). The molecule has 5 heteroatoms. The average Bonchev–Trinajstić information content (AvgIpc) is 1.98. The lowest BCUT2D eigenvalue weighted by molar-refractivity contribution is -0.142. The van der Waals surface area contributed by atoms with Crippen molar-refractivity contribution in [1.82, 2.24) is 0 Å². The summed E-state index contributed by atoms with van der Waals surface area (Å²) in [4.78, 5) is 3.63. The number of rotatable bonds is 5. The van der Waals surface area contributed by atoms with E-state index >= 15 is 0 Å². The highest BCUT2D eigenvalue weighted by atomic mass is 19.4. The van der Waals surface area contributed by atoms with Crippen molar-refractivity contribution >= 4 is 6.21 Å². The van der Waals surface area contributed by atoms with E-state index in [1.807, 2.05) is 0 Å². The molecule has 0 heterocycles. The van der Waals surface area contributed by atoms with Crippen molar-refractivity contribution in [3.05, 3.63) is 24.6 Å². The molecule has 0 saturated carbocycles. The summed E-state index contributed by atoms with van der Waals surface area (Å²) in [5.74, 6) is -0.0442. The van der Waals surface area contributed by atoms with Crippen LogP contribution in [-0.2, 0) is 4.74 Å². The molecule has 2 nitrogen and oxygen atoms in total. The van der Waals surface area contributed by atoms with Gasteiger partial charge in [-0.15, -0.1) is 0 Å². The first-order chi connectivity index (χ1) is 6.31. The maximum Gasteiger partial charge on any atom is 0.392 e. The van der Waals surface area contributed by atoms with Crippen LogP contribution in [0, 0.1) is 0 Å². The molecule has 80 valence electrons. The quantitative estimate of drug-likeness (QED) is 0.501. The molecule has 0 bridgehead atoms. The Hall–Kier alpha value is -1.26. The van der Waals surface area contributed by atoms with Gasteiger partial charge in [-0.25, -0.2) is 4.99 Å². The number of alkyl halides is 3. The van der Waals surface area contributed by atoms with Crippen molar-refractivity contribution in [1.29, 1.82) is 0 Å². The second-order valence-electron chi connectivity index (χ2n) is 2.71. The summed E-state index contributed by atoms with van der Waals surface area (Å²) in [6.07, 6.45) is -3.84. The zero-order chi connectivity index (χ0) is 11.2. The van der Waals surface area contributed by atoms with Crippen LogP contribution in [0.1, 0.15) is 13.3 Å². The van der Waals surface area contributed by atoms with Gasteiger partial charge in [0.05, 0.1) is 13.0 Å². The molecule has 0 aromatic heterocycles. The van der Waals surface area contributed by atoms with E-state index in [0.29, 0.717) is 5.57 Å². The molecule has 0 aliphatic rings. The van der Waals surface area contributed by atoms with E-state index in [0.717, 1.165) is 0 Å². The van der Waals surface area contributed by atoms with Crippen LogP contribution < -0.4 is 0 Å². The molecule has 0 aromatic rings. The van der Waals surface area contributed by atoms with E-state index in [1.54, 1.807) is 6.92 Å². The summed E-state index contributed by atoms with van der Waals surface area (Å²) in [5.41, 5.74) is 0.672. The molecular formula is C9H12F3NO. The standard InChI is InChI=1S/C9H12F3NO/c1-7(2)6-13-8(3)14-5-4-9(10,11)12/h6H,1,3-5H2,2H3/b13-6-. The van der Waals surface area contributed by atoms with Gasteiger partial charge in [0.2, 0.25) is 5.88 Å². The molecule has 0 amide bonds.